The van der Waals surface area contributed by atoms with Gasteiger partial charge < -0.3 is 14.6 Å². The van der Waals surface area contributed by atoms with Crippen LogP contribution < -0.4 is 9.47 Å². The lowest BCUT2D eigenvalue weighted by Gasteiger charge is -2.13. The molecule has 0 fully saturated rings. The molecule has 4 nitrogen and oxygen atoms in total. The molecule has 0 aromatic heterocycles. The fraction of sp³-hybridized carbons (Fsp3) is 0.133. The van der Waals surface area contributed by atoms with E-state index in [1.165, 1.54) is 31.4 Å². The molecule has 0 heterocycles. The normalized spacial score (nSPS) is 10.2. The molecule has 0 saturated heterocycles. The van der Waals surface area contributed by atoms with Gasteiger partial charge in [-0.15, -0.1) is 0 Å². The molecule has 0 amide bonds. The number of ether oxygens (including phenoxy) is 2. The van der Waals surface area contributed by atoms with E-state index in [1.807, 2.05) is 0 Å². The van der Waals surface area contributed by atoms with Crippen LogP contribution in [0.1, 0.15) is 15.9 Å². The van der Waals surface area contributed by atoms with Crippen LogP contribution in [-0.4, -0.2) is 18.2 Å². The Morgan fingerprint density at radius 2 is 2.10 bits per heavy atom. The van der Waals surface area contributed by atoms with Gasteiger partial charge in [0.1, 0.15) is 18.0 Å². The van der Waals surface area contributed by atoms with E-state index >= 15 is 0 Å². The number of methoxy groups -OCH3 is 1. The van der Waals surface area contributed by atoms with E-state index in [9.17, 15) is 9.18 Å². The number of carbonyl (C=O) groups is 1. The van der Waals surface area contributed by atoms with E-state index in [0.717, 1.165) is 0 Å². The molecule has 0 aliphatic rings. The summed E-state index contributed by atoms with van der Waals surface area (Å²) < 4.78 is 23.6. The van der Waals surface area contributed by atoms with Crippen LogP contribution in [0.15, 0.2) is 36.4 Å². The highest BCUT2D eigenvalue weighted by Crippen LogP contribution is 2.32. The first-order valence-corrected chi connectivity index (χ1v) is 6.37. The molecular formula is C15H12ClFO4. The summed E-state index contributed by atoms with van der Waals surface area (Å²) in [5, 5.41) is 9.37. The molecule has 2 aromatic rings. The SMILES string of the molecule is COc1cccc(C(=O)O)c1OCc1ccc(F)cc1Cl. The number of benzene rings is 2. The van der Waals surface area contributed by atoms with Gasteiger partial charge in [-0.3, -0.25) is 0 Å². The maximum atomic E-state index is 13.0. The standard InChI is InChI=1S/C15H12ClFO4/c1-20-13-4-2-3-11(15(18)19)14(13)21-8-9-5-6-10(17)7-12(9)16/h2-7H,8H2,1H3,(H,18,19). The second kappa shape index (κ2) is 6.45. The number of rotatable bonds is 5. The Balaban J connectivity index is 2.28. The minimum atomic E-state index is -1.13. The van der Waals surface area contributed by atoms with Crippen LogP contribution in [-0.2, 0) is 6.61 Å². The van der Waals surface area contributed by atoms with Gasteiger partial charge in [-0.1, -0.05) is 23.7 Å². The molecule has 0 atom stereocenters. The first-order valence-electron chi connectivity index (χ1n) is 6.00. The van der Waals surface area contributed by atoms with Gasteiger partial charge in [-0.25, -0.2) is 9.18 Å². The summed E-state index contributed by atoms with van der Waals surface area (Å²) in [4.78, 5) is 11.2. The molecule has 0 unspecified atom stereocenters. The Kier molecular flexibility index (Phi) is 4.65. The van der Waals surface area contributed by atoms with Gasteiger partial charge in [0.15, 0.2) is 11.5 Å². The second-order valence-corrected chi connectivity index (χ2v) is 4.57. The molecule has 0 radical (unpaired) electrons. The van der Waals surface area contributed by atoms with Crippen molar-refractivity contribution in [1.82, 2.24) is 0 Å². The van der Waals surface area contributed by atoms with E-state index in [0.29, 0.717) is 11.3 Å². The largest absolute Gasteiger partial charge is 0.493 e. The first-order chi connectivity index (χ1) is 10.0. The Morgan fingerprint density at radius 1 is 1.33 bits per heavy atom. The molecule has 0 spiro atoms. The van der Waals surface area contributed by atoms with Crippen LogP contribution in [0.25, 0.3) is 0 Å². The smallest absolute Gasteiger partial charge is 0.339 e. The Morgan fingerprint density at radius 3 is 2.71 bits per heavy atom. The van der Waals surface area contributed by atoms with Crippen molar-refractivity contribution in [3.05, 3.63) is 58.4 Å². The first kappa shape index (κ1) is 15.1. The summed E-state index contributed by atoms with van der Waals surface area (Å²) in [6.45, 7) is -0.000231. The third-order valence-corrected chi connectivity index (χ3v) is 3.17. The van der Waals surface area contributed by atoms with Crippen molar-refractivity contribution in [3.8, 4) is 11.5 Å². The number of carboxylic acids is 1. The van der Waals surface area contributed by atoms with Gasteiger partial charge in [0, 0.05) is 5.56 Å². The van der Waals surface area contributed by atoms with Gasteiger partial charge in [0.2, 0.25) is 0 Å². The van der Waals surface area contributed by atoms with E-state index < -0.39 is 11.8 Å². The Hall–Kier alpha value is -2.27. The van der Waals surface area contributed by atoms with Gasteiger partial charge in [-0.05, 0) is 24.3 Å². The Labute approximate surface area is 125 Å². The predicted octanol–water partition coefficient (Wildman–Crippen LogP) is 3.76. The van der Waals surface area contributed by atoms with E-state index in [1.54, 1.807) is 12.1 Å². The minimum Gasteiger partial charge on any atom is -0.493 e. The summed E-state index contributed by atoms with van der Waals surface area (Å²) in [5.41, 5.74) is 0.521. The lowest BCUT2D eigenvalue weighted by Crippen LogP contribution is -2.05. The molecule has 1 N–H and O–H groups in total. The number of aromatic carboxylic acids is 1. The fourth-order valence-corrected chi connectivity index (χ4v) is 2.00. The summed E-state index contributed by atoms with van der Waals surface area (Å²) >= 11 is 5.90. The second-order valence-electron chi connectivity index (χ2n) is 4.17. The maximum absolute atomic E-state index is 13.0. The van der Waals surface area contributed by atoms with E-state index in [2.05, 4.69) is 0 Å². The molecular weight excluding hydrogens is 299 g/mol. The van der Waals surface area contributed by atoms with Gasteiger partial charge in [0.05, 0.1) is 12.1 Å². The average molecular weight is 311 g/mol. The van der Waals surface area contributed by atoms with Gasteiger partial charge >= 0.3 is 5.97 Å². The predicted molar refractivity (Wildman–Crippen MR) is 75.7 cm³/mol. The molecule has 0 aliphatic carbocycles. The Bertz CT molecular complexity index is 673. The third kappa shape index (κ3) is 3.44. The highest BCUT2D eigenvalue weighted by molar-refractivity contribution is 6.31. The molecule has 0 saturated carbocycles. The van der Waals surface area contributed by atoms with Crippen molar-refractivity contribution in [1.29, 1.82) is 0 Å². The van der Waals surface area contributed by atoms with Gasteiger partial charge in [-0.2, -0.15) is 0 Å². The van der Waals surface area contributed by atoms with Crippen LogP contribution in [0, 0.1) is 5.82 Å². The molecule has 110 valence electrons. The van der Waals surface area contributed by atoms with Crippen molar-refractivity contribution in [2.45, 2.75) is 6.61 Å². The zero-order valence-corrected chi connectivity index (χ0v) is 11.9. The molecule has 0 aliphatic heterocycles. The van der Waals surface area contributed by atoms with Crippen LogP contribution >= 0.6 is 11.6 Å². The highest BCUT2D eigenvalue weighted by Gasteiger charge is 2.16. The number of carboxylic acid groups (broad SMARTS) is 1. The summed E-state index contributed by atoms with van der Waals surface area (Å²) in [5.74, 6) is -1.18. The quantitative estimate of drug-likeness (QED) is 0.913. The maximum Gasteiger partial charge on any atom is 0.339 e. The van der Waals surface area contributed by atoms with Crippen LogP contribution in [0.4, 0.5) is 4.39 Å². The topological polar surface area (TPSA) is 55.8 Å². The third-order valence-electron chi connectivity index (χ3n) is 2.82. The van der Waals surface area contributed by atoms with Crippen molar-refractivity contribution < 1.29 is 23.8 Å². The lowest BCUT2D eigenvalue weighted by molar-refractivity contribution is 0.0691. The van der Waals surface area contributed by atoms with E-state index in [-0.39, 0.29) is 22.9 Å². The molecule has 21 heavy (non-hydrogen) atoms. The minimum absolute atomic E-state index is 0.000231. The van der Waals surface area contributed by atoms with Crippen LogP contribution in [0.3, 0.4) is 0 Å². The highest BCUT2D eigenvalue weighted by atomic mass is 35.5. The summed E-state index contributed by atoms with van der Waals surface area (Å²) in [7, 11) is 1.42. The van der Waals surface area contributed by atoms with Crippen molar-refractivity contribution in [2.24, 2.45) is 0 Å². The molecule has 0 bridgehead atoms. The van der Waals surface area contributed by atoms with Crippen LogP contribution in [0.2, 0.25) is 5.02 Å². The van der Waals surface area contributed by atoms with Crippen molar-refractivity contribution in [2.75, 3.05) is 7.11 Å². The average Bonchev–Trinajstić information content (AvgIpc) is 2.45. The molecule has 6 heteroatoms. The monoisotopic (exact) mass is 310 g/mol. The van der Waals surface area contributed by atoms with Gasteiger partial charge in [0.25, 0.3) is 0 Å². The zero-order valence-electron chi connectivity index (χ0n) is 11.1. The summed E-state index contributed by atoms with van der Waals surface area (Å²) in [6, 6.07) is 8.46. The lowest BCUT2D eigenvalue weighted by atomic mass is 10.2. The van der Waals surface area contributed by atoms with Crippen molar-refractivity contribution >= 4 is 17.6 Å². The van der Waals surface area contributed by atoms with Crippen LogP contribution in [0.5, 0.6) is 11.5 Å². The summed E-state index contributed by atoms with van der Waals surface area (Å²) in [6.07, 6.45) is 0. The fourth-order valence-electron chi connectivity index (χ4n) is 1.78. The molecule has 2 rings (SSSR count). The van der Waals surface area contributed by atoms with E-state index in [4.69, 9.17) is 26.2 Å². The number of para-hydroxylation sites is 1. The zero-order chi connectivity index (χ0) is 15.4. The van der Waals surface area contributed by atoms with Crippen molar-refractivity contribution in [3.63, 3.8) is 0 Å². The number of hydrogen-bond donors (Lipinski definition) is 1. The molecule has 2 aromatic carbocycles. The number of hydrogen-bond acceptors (Lipinski definition) is 3. The number of halogens is 2.